The van der Waals surface area contributed by atoms with Crippen LogP contribution in [0.2, 0.25) is 0 Å². The van der Waals surface area contributed by atoms with E-state index < -0.39 is 0 Å². The third-order valence-corrected chi connectivity index (χ3v) is 7.41. The molecule has 31 heavy (non-hydrogen) atoms. The van der Waals surface area contributed by atoms with Gasteiger partial charge in [0.05, 0.1) is 7.11 Å². The molecule has 5 nitrogen and oxygen atoms in total. The van der Waals surface area contributed by atoms with Gasteiger partial charge in [-0.3, -0.25) is 9.69 Å². The van der Waals surface area contributed by atoms with E-state index in [9.17, 15) is 4.79 Å². The summed E-state index contributed by atoms with van der Waals surface area (Å²) in [6.07, 6.45) is 4.93. The average Bonchev–Trinajstić information content (AvgIpc) is 3.25. The Hall–Kier alpha value is -2.53. The van der Waals surface area contributed by atoms with Crippen molar-refractivity contribution >= 4 is 5.78 Å². The number of nitrogens with zero attached hydrogens (tertiary/aromatic N) is 1. The third kappa shape index (κ3) is 3.49. The molecule has 1 spiro atoms. The number of Topliss-reactive ketones (excluding diaryl/α,β-unsaturated/α-hetero) is 1. The highest BCUT2D eigenvalue weighted by molar-refractivity contribution is 5.94. The standard InChI is InChI=1S/C26H31NO4/c1-17-21-13-24-25(31-11-10-30-24)14-22(21)26(8-4-5-9-26)16-27(17)15-20-12-19(18(2)28)6-7-23(20)29-3/h6-7,12-14,17H,4-5,8-11,15-16H2,1-3H3. The summed E-state index contributed by atoms with van der Waals surface area (Å²) in [5.41, 5.74) is 4.75. The summed E-state index contributed by atoms with van der Waals surface area (Å²) in [6, 6.07) is 10.5. The van der Waals surface area contributed by atoms with Crippen LogP contribution in [0.5, 0.6) is 17.2 Å². The Kier molecular flexibility index (Phi) is 5.17. The molecule has 5 heteroatoms. The van der Waals surface area contributed by atoms with Crippen molar-refractivity contribution in [3.63, 3.8) is 0 Å². The topological polar surface area (TPSA) is 48.0 Å². The van der Waals surface area contributed by atoms with E-state index >= 15 is 0 Å². The predicted octanol–water partition coefficient (Wildman–Crippen LogP) is 5.06. The van der Waals surface area contributed by atoms with Gasteiger partial charge in [-0.15, -0.1) is 0 Å². The largest absolute Gasteiger partial charge is 0.496 e. The fourth-order valence-corrected chi connectivity index (χ4v) is 5.73. The monoisotopic (exact) mass is 421 g/mol. The molecule has 2 aromatic carbocycles. The average molecular weight is 422 g/mol. The van der Waals surface area contributed by atoms with Crippen molar-refractivity contribution in [2.75, 3.05) is 26.9 Å². The molecule has 0 amide bonds. The van der Waals surface area contributed by atoms with Crippen molar-refractivity contribution in [1.29, 1.82) is 0 Å². The van der Waals surface area contributed by atoms with Crippen molar-refractivity contribution < 1.29 is 19.0 Å². The van der Waals surface area contributed by atoms with Gasteiger partial charge in [-0.05, 0) is 68.1 Å². The normalized spacial score (nSPS) is 21.7. The Bertz CT molecular complexity index is 1010. The van der Waals surface area contributed by atoms with Gasteiger partial charge in [-0.2, -0.15) is 0 Å². The number of benzene rings is 2. The number of ketones is 1. The molecule has 1 unspecified atom stereocenters. The summed E-state index contributed by atoms with van der Waals surface area (Å²) in [4.78, 5) is 14.5. The number of hydrogen-bond acceptors (Lipinski definition) is 5. The summed E-state index contributed by atoms with van der Waals surface area (Å²) in [5.74, 6) is 2.68. The zero-order valence-electron chi connectivity index (χ0n) is 18.7. The van der Waals surface area contributed by atoms with E-state index in [4.69, 9.17) is 14.2 Å². The number of fused-ring (bicyclic) bond motifs is 3. The maximum absolute atomic E-state index is 12.0. The maximum Gasteiger partial charge on any atom is 0.161 e. The van der Waals surface area contributed by atoms with Crippen molar-refractivity contribution in [3.05, 3.63) is 52.6 Å². The molecule has 1 fully saturated rings. The number of hydrogen-bond donors (Lipinski definition) is 0. The first-order valence-electron chi connectivity index (χ1n) is 11.4. The van der Waals surface area contributed by atoms with Gasteiger partial charge in [0.15, 0.2) is 17.3 Å². The van der Waals surface area contributed by atoms with Crippen LogP contribution in [0.4, 0.5) is 0 Å². The van der Waals surface area contributed by atoms with Gasteiger partial charge >= 0.3 is 0 Å². The summed E-state index contributed by atoms with van der Waals surface area (Å²) < 4.78 is 17.5. The fraction of sp³-hybridized carbons (Fsp3) is 0.500. The quantitative estimate of drug-likeness (QED) is 0.646. The smallest absolute Gasteiger partial charge is 0.161 e. The van der Waals surface area contributed by atoms with E-state index in [-0.39, 0.29) is 17.2 Å². The zero-order valence-corrected chi connectivity index (χ0v) is 18.7. The van der Waals surface area contributed by atoms with E-state index in [1.807, 2.05) is 18.2 Å². The molecule has 2 aliphatic heterocycles. The Balaban J connectivity index is 1.55. The lowest BCUT2D eigenvalue weighted by Gasteiger charge is -2.46. The summed E-state index contributed by atoms with van der Waals surface area (Å²) >= 11 is 0. The maximum atomic E-state index is 12.0. The second-order valence-corrected chi connectivity index (χ2v) is 9.23. The minimum atomic E-state index is 0.0805. The Morgan fingerprint density at radius 2 is 1.84 bits per heavy atom. The van der Waals surface area contributed by atoms with E-state index in [1.54, 1.807) is 14.0 Å². The molecule has 0 N–H and O–H groups in total. The van der Waals surface area contributed by atoms with E-state index in [0.29, 0.717) is 13.2 Å². The van der Waals surface area contributed by atoms with Crippen LogP contribution in [0.15, 0.2) is 30.3 Å². The lowest BCUT2D eigenvalue weighted by molar-refractivity contribution is 0.101. The SMILES string of the molecule is COc1ccc(C(C)=O)cc1CN1CC2(CCCC2)c2cc3c(cc2C1C)OCCO3. The van der Waals surface area contributed by atoms with Crippen molar-refractivity contribution in [1.82, 2.24) is 4.90 Å². The van der Waals surface area contributed by atoms with Gasteiger partial charge in [0.25, 0.3) is 0 Å². The van der Waals surface area contributed by atoms with E-state index in [2.05, 4.69) is 24.0 Å². The molecule has 0 aromatic heterocycles. The molecular formula is C26H31NO4. The van der Waals surface area contributed by atoms with Crippen LogP contribution in [0.1, 0.15) is 72.6 Å². The number of carbonyl (C=O) groups is 1. The van der Waals surface area contributed by atoms with Crippen LogP contribution in [-0.4, -0.2) is 37.6 Å². The van der Waals surface area contributed by atoms with Crippen molar-refractivity contribution in [2.45, 2.75) is 57.5 Å². The number of ether oxygens (including phenoxy) is 3. The van der Waals surface area contributed by atoms with Gasteiger partial charge in [0.2, 0.25) is 0 Å². The minimum Gasteiger partial charge on any atom is -0.496 e. The van der Waals surface area contributed by atoms with Crippen LogP contribution in [0.25, 0.3) is 0 Å². The first-order chi connectivity index (χ1) is 15.0. The highest BCUT2D eigenvalue weighted by Crippen LogP contribution is 2.52. The Morgan fingerprint density at radius 3 is 2.52 bits per heavy atom. The summed E-state index contributed by atoms with van der Waals surface area (Å²) in [7, 11) is 1.70. The first-order valence-corrected chi connectivity index (χ1v) is 11.4. The van der Waals surface area contributed by atoms with Gasteiger partial charge in [0.1, 0.15) is 19.0 Å². The molecule has 1 aliphatic carbocycles. The van der Waals surface area contributed by atoms with Crippen molar-refractivity contribution in [2.24, 2.45) is 0 Å². The van der Waals surface area contributed by atoms with Crippen LogP contribution < -0.4 is 14.2 Å². The number of carbonyl (C=O) groups excluding carboxylic acids is 1. The van der Waals surface area contributed by atoms with Gasteiger partial charge in [0, 0.05) is 35.7 Å². The highest BCUT2D eigenvalue weighted by Gasteiger charge is 2.45. The lowest BCUT2D eigenvalue weighted by atomic mass is 9.71. The van der Waals surface area contributed by atoms with Gasteiger partial charge in [-0.1, -0.05) is 12.8 Å². The minimum absolute atomic E-state index is 0.0805. The third-order valence-electron chi connectivity index (χ3n) is 7.41. The predicted molar refractivity (Wildman–Crippen MR) is 119 cm³/mol. The molecular weight excluding hydrogens is 390 g/mol. The van der Waals surface area contributed by atoms with Gasteiger partial charge in [-0.25, -0.2) is 0 Å². The molecule has 3 aliphatic rings. The van der Waals surface area contributed by atoms with Crippen LogP contribution in [0, 0.1) is 0 Å². The first kappa shape index (κ1) is 20.4. The van der Waals surface area contributed by atoms with Crippen LogP contribution >= 0.6 is 0 Å². The molecule has 2 aromatic rings. The number of methoxy groups -OCH3 is 1. The van der Waals surface area contributed by atoms with E-state index in [1.165, 1.54) is 36.8 Å². The zero-order chi connectivity index (χ0) is 21.6. The second-order valence-electron chi connectivity index (χ2n) is 9.23. The number of rotatable bonds is 4. The summed E-state index contributed by atoms with van der Waals surface area (Å²) in [6.45, 7) is 6.87. The Morgan fingerprint density at radius 1 is 1.13 bits per heavy atom. The molecule has 0 saturated heterocycles. The molecule has 5 rings (SSSR count). The molecule has 1 saturated carbocycles. The molecule has 0 bridgehead atoms. The Labute approximate surface area is 184 Å². The van der Waals surface area contributed by atoms with Crippen LogP contribution in [-0.2, 0) is 12.0 Å². The van der Waals surface area contributed by atoms with Crippen molar-refractivity contribution in [3.8, 4) is 17.2 Å². The van der Waals surface area contributed by atoms with Crippen LogP contribution in [0.3, 0.4) is 0 Å². The second kappa shape index (κ2) is 7.86. The lowest BCUT2D eigenvalue weighted by Crippen LogP contribution is -2.45. The van der Waals surface area contributed by atoms with Gasteiger partial charge < -0.3 is 14.2 Å². The highest BCUT2D eigenvalue weighted by atomic mass is 16.6. The fourth-order valence-electron chi connectivity index (χ4n) is 5.73. The molecule has 0 radical (unpaired) electrons. The summed E-state index contributed by atoms with van der Waals surface area (Å²) in [5, 5.41) is 0. The van der Waals surface area contributed by atoms with E-state index in [0.717, 1.165) is 41.5 Å². The molecule has 2 heterocycles. The molecule has 1 atom stereocenters. The molecule has 164 valence electrons.